The fourth-order valence-corrected chi connectivity index (χ4v) is 2.74. The van der Waals surface area contributed by atoms with Crippen molar-refractivity contribution in [3.63, 3.8) is 0 Å². The van der Waals surface area contributed by atoms with E-state index >= 15 is 0 Å². The van der Waals surface area contributed by atoms with E-state index in [9.17, 15) is 4.39 Å². The van der Waals surface area contributed by atoms with Gasteiger partial charge in [-0.05, 0) is 68.9 Å². The van der Waals surface area contributed by atoms with Gasteiger partial charge in [0.2, 0.25) is 0 Å². The Balaban J connectivity index is 1.79. The summed E-state index contributed by atoms with van der Waals surface area (Å²) >= 11 is 0. The molecule has 1 saturated heterocycles. The highest BCUT2D eigenvalue weighted by atomic mass is 19.1. The fraction of sp³-hybridized carbons (Fsp3) is 0.625. The third kappa shape index (κ3) is 4.59. The monoisotopic (exact) mass is 264 g/mol. The first kappa shape index (κ1) is 14.5. The van der Waals surface area contributed by atoms with Crippen molar-refractivity contribution >= 4 is 0 Å². The summed E-state index contributed by atoms with van der Waals surface area (Å²) < 4.78 is 12.9. The number of rotatable bonds is 4. The van der Waals surface area contributed by atoms with E-state index in [0.717, 1.165) is 24.4 Å². The zero-order valence-electron chi connectivity index (χ0n) is 11.8. The summed E-state index contributed by atoms with van der Waals surface area (Å²) in [6, 6.07) is 6.59. The molecule has 1 aliphatic rings. The van der Waals surface area contributed by atoms with Crippen LogP contribution in [0.3, 0.4) is 0 Å². The van der Waals surface area contributed by atoms with Crippen molar-refractivity contribution in [2.45, 2.75) is 38.6 Å². The molecule has 2 unspecified atom stereocenters. The average Bonchev–Trinajstić information content (AvgIpc) is 2.61. The van der Waals surface area contributed by atoms with Gasteiger partial charge in [-0.15, -0.1) is 0 Å². The maximum Gasteiger partial charge on any atom is 0.123 e. The molecule has 19 heavy (non-hydrogen) atoms. The van der Waals surface area contributed by atoms with Crippen LogP contribution in [-0.2, 0) is 0 Å². The number of hydrogen-bond acceptors (Lipinski definition) is 2. The van der Waals surface area contributed by atoms with Crippen LogP contribution in [0.4, 0.5) is 4.39 Å². The molecule has 0 aliphatic carbocycles. The summed E-state index contributed by atoms with van der Waals surface area (Å²) in [4.78, 5) is 2.52. The minimum Gasteiger partial charge on any atom is -0.324 e. The average molecular weight is 264 g/mol. The molecule has 1 aromatic carbocycles. The minimum absolute atomic E-state index is 0.0151. The van der Waals surface area contributed by atoms with Crippen molar-refractivity contribution in [2.24, 2.45) is 11.7 Å². The first-order valence-electron chi connectivity index (χ1n) is 7.38. The van der Waals surface area contributed by atoms with E-state index in [1.807, 2.05) is 0 Å². The molecule has 3 heteroatoms. The third-order valence-corrected chi connectivity index (χ3v) is 4.16. The topological polar surface area (TPSA) is 29.3 Å². The highest BCUT2D eigenvalue weighted by Gasteiger charge is 2.15. The second-order valence-corrected chi connectivity index (χ2v) is 5.82. The van der Waals surface area contributed by atoms with Gasteiger partial charge in [0, 0.05) is 6.04 Å². The Labute approximate surface area is 115 Å². The minimum atomic E-state index is -0.197. The van der Waals surface area contributed by atoms with Gasteiger partial charge in [0.1, 0.15) is 5.82 Å². The van der Waals surface area contributed by atoms with E-state index in [-0.39, 0.29) is 11.9 Å². The molecular formula is C16H25FN2. The van der Waals surface area contributed by atoms with E-state index in [2.05, 4.69) is 11.8 Å². The van der Waals surface area contributed by atoms with Crippen molar-refractivity contribution in [3.05, 3.63) is 35.6 Å². The Morgan fingerprint density at radius 2 is 2.00 bits per heavy atom. The molecule has 1 aromatic rings. The highest BCUT2D eigenvalue weighted by Crippen LogP contribution is 2.19. The number of nitrogens with zero attached hydrogens (tertiary/aromatic N) is 1. The van der Waals surface area contributed by atoms with Gasteiger partial charge in [0.25, 0.3) is 0 Å². The van der Waals surface area contributed by atoms with Crippen molar-refractivity contribution in [1.82, 2.24) is 4.90 Å². The summed E-state index contributed by atoms with van der Waals surface area (Å²) in [5, 5.41) is 0. The quantitative estimate of drug-likeness (QED) is 0.903. The Hall–Kier alpha value is -0.930. The molecule has 1 heterocycles. The lowest BCUT2D eigenvalue weighted by Crippen LogP contribution is -2.28. The van der Waals surface area contributed by atoms with E-state index in [0.29, 0.717) is 0 Å². The molecule has 106 valence electrons. The van der Waals surface area contributed by atoms with Gasteiger partial charge in [-0.1, -0.05) is 19.1 Å². The van der Waals surface area contributed by atoms with Crippen molar-refractivity contribution in [2.75, 3.05) is 19.6 Å². The second kappa shape index (κ2) is 7.01. The zero-order valence-corrected chi connectivity index (χ0v) is 11.8. The molecule has 0 saturated carbocycles. The van der Waals surface area contributed by atoms with Crippen LogP contribution in [0.25, 0.3) is 0 Å². The van der Waals surface area contributed by atoms with Crippen LogP contribution in [0.1, 0.15) is 44.2 Å². The van der Waals surface area contributed by atoms with E-state index in [1.165, 1.54) is 44.5 Å². The third-order valence-electron chi connectivity index (χ3n) is 4.16. The molecule has 1 aliphatic heterocycles. The standard InChI is InChI=1S/C16H25FN2/c1-13-3-2-10-19(11-8-13)12-9-16(18)14-4-6-15(17)7-5-14/h4-7,13,16H,2-3,8-12,18H2,1H3. The van der Waals surface area contributed by atoms with Gasteiger partial charge in [0.15, 0.2) is 0 Å². The molecular weight excluding hydrogens is 239 g/mol. The molecule has 0 bridgehead atoms. The van der Waals surface area contributed by atoms with E-state index in [1.54, 1.807) is 12.1 Å². The summed E-state index contributed by atoms with van der Waals surface area (Å²) in [6.45, 7) is 5.77. The summed E-state index contributed by atoms with van der Waals surface area (Å²) in [5.74, 6) is 0.660. The van der Waals surface area contributed by atoms with Crippen LogP contribution >= 0.6 is 0 Å². The van der Waals surface area contributed by atoms with Crippen LogP contribution in [-0.4, -0.2) is 24.5 Å². The number of nitrogens with two attached hydrogens (primary N) is 1. The lowest BCUT2D eigenvalue weighted by atomic mass is 10.0. The molecule has 0 spiro atoms. The van der Waals surface area contributed by atoms with Crippen LogP contribution in [0.5, 0.6) is 0 Å². The van der Waals surface area contributed by atoms with Gasteiger partial charge in [-0.25, -0.2) is 4.39 Å². The number of benzene rings is 1. The first-order chi connectivity index (χ1) is 9.15. The van der Waals surface area contributed by atoms with E-state index < -0.39 is 0 Å². The molecule has 0 aromatic heterocycles. The lowest BCUT2D eigenvalue weighted by molar-refractivity contribution is 0.270. The Morgan fingerprint density at radius 3 is 2.74 bits per heavy atom. The maximum absolute atomic E-state index is 12.9. The Bertz CT molecular complexity index is 377. The normalized spacial score (nSPS) is 23.0. The van der Waals surface area contributed by atoms with Crippen LogP contribution in [0, 0.1) is 11.7 Å². The predicted molar refractivity (Wildman–Crippen MR) is 77.4 cm³/mol. The van der Waals surface area contributed by atoms with Gasteiger partial charge in [0.05, 0.1) is 0 Å². The maximum atomic E-state index is 12.9. The van der Waals surface area contributed by atoms with Crippen LogP contribution < -0.4 is 5.73 Å². The Kier molecular flexibility index (Phi) is 5.34. The summed E-state index contributed by atoms with van der Waals surface area (Å²) in [5.41, 5.74) is 7.21. The molecule has 0 amide bonds. The predicted octanol–water partition coefficient (Wildman–Crippen LogP) is 3.34. The lowest BCUT2D eigenvalue weighted by Gasteiger charge is -2.22. The molecule has 2 atom stereocenters. The molecule has 0 radical (unpaired) electrons. The molecule has 1 fully saturated rings. The van der Waals surface area contributed by atoms with Gasteiger partial charge < -0.3 is 10.6 Å². The van der Waals surface area contributed by atoms with Crippen LogP contribution in [0.15, 0.2) is 24.3 Å². The molecule has 2 N–H and O–H groups in total. The van der Waals surface area contributed by atoms with Crippen molar-refractivity contribution < 1.29 is 4.39 Å². The molecule has 2 rings (SSSR count). The fourth-order valence-electron chi connectivity index (χ4n) is 2.74. The number of halogens is 1. The largest absolute Gasteiger partial charge is 0.324 e. The van der Waals surface area contributed by atoms with Gasteiger partial charge in [-0.3, -0.25) is 0 Å². The Morgan fingerprint density at radius 1 is 1.26 bits per heavy atom. The summed E-state index contributed by atoms with van der Waals surface area (Å²) in [7, 11) is 0. The smallest absolute Gasteiger partial charge is 0.123 e. The SMILES string of the molecule is CC1CCCN(CCC(N)c2ccc(F)cc2)CC1. The number of likely N-dealkylation sites (tertiary alicyclic amines) is 1. The van der Waals surface area contributed by atoms with Crippen molar-refractivity contribution in [3.8, 4) is 0 Å². The highest BCUT2D eigenvalue weighted by molar-refractivity contribution is 5.19. The van der Waals surface area contributed by atoms with Crippen LogP contribution in [0.2, 0.25) is 0 Å². The van der Waals surface area contributed by atoms with Crippen molar-refractivity contribution in [1.29, 1.82) is 0 Å². The summed E-state index contributed by atoms with van der Waals surface area (Å²) in [6.07, 6.45) is 4.89. The second-order valence-electron chi connectivity index (χ2n) is 5.82. The van der Waals surface area contributed by atoms with Gasteiger partial charge in [-0.2, -0.15) is 0 Å². The van der Waals surface area contributed by atoms with Gasteiger partial charge >= 0.3 is 0 Å². The van der Waals surface area contributed by atoms with E-state index in [4.69, 9.17) is 5.73 Å². The number of hydrogen-bond donors (Lipinski definition) is 1. The first-order valence-corrected chi connectivity index (χ1v) is 7.38. The molecule has 2 nitrogen and oxygen atoms in total. The zero-order chi connectivity index (χ0) is 13.7.